The van der Waals surface area contributed by atoms with Crippen molar-refractivity contribution in [3.8, 4) is 45.4 Å². The number of pyridine rings is 2. The van der Waals surface area contributed by atoms with E-state index in [0.717, 1.165) is 31.9 Å². The van der Waals surface area contributed by atoms with Gasteiger partial charge in [0.1, 0.15) is 11.5 Å². The van der Waals surface area contributed by atoms with Crippen LogP contribution < -0.4 is 15.3 Å². The van der Waals surface area contributed by atoms with Crippen LogP contribution in [0.15, 0.2) is 72.8 Å². The molecule has 0 aliphatic carbocycles. The number of carboxylic acids is 3. The summed E-state index contributed by atoms with van der Waals surface area (Å²) in [5.41, 5.74) is 6.10. The molecule has 214 valence electrons. The molecule has 2 heterocycles. The molecule has 2 aromatic heterocycles. The number of aromatic nitrogens is 2. The van der Waals surface area contributed by atoms with Crippen LogP contribution in [0, 0.1) is 13.8 Å². The Labute approximate surface area is 248 Å². The van der Waals surface area contributed by atoms with Gasteiger partial charge in [-0.2, -0.15) is 0 Å². The number of rotatable bonds is 3. The fraction of sp³-hybridized carbons (Fsp3) is 0.167. The van der Waals surface area contributed by atoms with E-state index in [1.54, 1.807) is 12.1 Å². The van der Waals surface area contributed by atoms with E-state index in [1.165, 1.54) is 0 Å². The Kier molecular flexibility index (Phi) is 15.7. The number of carbonyl (C=O) groups excluding carboxylic acids is 3. The van der Waals surface area contributed by atoms with Gasteiger partial charge in [-0.3, -0.25) is 0 Å². The molecule has 0 spiro atoms. The Morgan fingerprint density at radius 3 is 1.10 bits per heavy atom. The average Bonchev–Trinajstić information content (AvgIpc) is 2.83. The normalized spacial score (nSPS) is 9.20. The monoisotopic (exact) mass is 600 g/mol. The average molecular weight is 601 g/mol. The van der Waals surface area contributed by atoms with Crippen LogP contribution in [-0.2, 0) is 31.5 Å². The Morgan fingerprint density at radius 2 is 0.829 bits per heavy atom. The molecule has 0 amide bonds. The molecule has 4 rings (SSSR count). The van der Waals surface area contributed by atoms with E-state index in [0.29, 0.717) is 33.9 Å². The molecular formula is C30H29MnN2O8. The maximum Gasteiger partial charge on any atom is 3.00 e. The van der Waals surface area contributed by atoms with E-state index in [9.17, 15) is 10.2 Å². The molecule has 0 radical (unpaired) electrons. The second-order valence-corrected chi connectivity index (χ2v) is 8.33. The molecular weight excluding hydrogens is 571 g/mol. The second-order valence-electron chi connectivity index (χ2n) is 8.33. The molecule has 11 heteroatoms. The van der Waals surface area contributed by atoms with E-state index in [1.807, 2.05) is 74.5 Å². The number of aryl methyl sites for hydroxylation is 2. The maximum atomic E-state index is 10.3. The van der Waals surface area contributed by atoms with Crippen LogP contribution in [0.25, 0.3) is 33.9 Å². The van der Waals surface area contributed by atoms with Crippen molar-refractivity contribution < 1.29 is 57.0 Å². The summed E-state index contributed by atoms with van der Waals surface area (Å²) in [5, 5.41) is 47.2. The quantitative estimate of drug-likeness (QED) is 0.328. The summed E-state index contributed by atoms with van der Waals surface area (Å²) >= 11 is 0. The molecule has 0 aliphatic heterocycles. The zero-order chi connectivity index (χ0) is 30.4. The number of phenolic OH excluding ortho intramolecular Hbond substituents is 2. The van der Waals surface area contributed by atoms with E-state index < -0.39 is 17.9 Å². The first-order valence-electron chi connectivity index (χ1n) is 11.8. The second kappa shape index (κ2) is 17.8. The van der Waals surface area contributed by atoms with Crippen LogP contribution in [0.4, 0.5) is 0 Å². The van der Waals surface area contributed by atoms with Gasteiger partial charge in [-0.05, 0) is 94.3 Å². The van der Waals surface area contributed by atoms with Crippen molar-refractivity contribution in [1.29, 1.82) is 0 Å². The van der Waals surface area contributed by atoms with Crippen molar-refractivity contribution in [1.82, 2.24) is 9.97 Å². The number of aromatic hydroxyl groups is 2. The maximum absolute atomic E-state index is 10.3. The van der Waals surface area contributed by atoms with Gasteiger partial charge in [0.25, 0.3) is 0 Å². The van der Waals surface area contributed by atoms with Crippen molar-refractivity contribution in [2.75, 3.05) is 0 Å². The Bertz CT molecular complexity index is 1340. The fourth-order valence-corrected chi connectivity index (χ4v) is 3.17. The van der Waals surface area contributed by atoms with Crippen LogP contribution in [0.1, 0.15) is 31.9 Å². The zero-order valence-electron chi connectivity index (χ0n) is 23.0. The summed E-state index contributed by atoms with van der Waals surface area (Å²) < 4.78 is 0. The molecule has 0 aliphatic rings. The Balaban J connectivity index is 0.00000105. The molecule has 0 bridgehead atoms. The number of hydrogen-bond acceptors (Lipinski definition) is 10. The molecule has 0 atom stereocenters. The Hall–Kier alpha value is -4.73. The summed E-state index contributed by atoms with van der Waals surface area (Å²) in [6.45, 7) is 6.78. The van der Waals surface area contributed by atoms with Crippen LogP contribution in [0.5, 0.6) is 11.5 Å². The molecule has 41 heavy (non-hydrogen) atoms. The number of benzene rings is 2. The zero-order valence-corrected chi connectivity index (χ0v) is 24.2. The smallest absolute Gasteiger partial charge is 0.550 e. The van der Waals surface area contributed by atoms with E-state index >= 15 is 0 Å². The first-order valence-corrected chi connectivity index (χ1v) is 11.8. The topological polar surface area (TPSA) is 187 Å². The van der Waals surface area contributed by atoms with Crippen molar-refractivity contribution in [2.45, 2.75) is 34.6 Å². The molecule has 2 aromatic carbocycles. The van der Waals surface area contributed by atoms with Gasteiger partial charge in [-0.1, -0.05) is 24.3 Å². The third kappa shape index (κ3) is 13.8. The van der Waals surface area contributed by atoms with Gasteiger partial charge >= 0.3 is 17.1 Å². The van der Waals surface area contributed by atoms with Gasteiger partial charge < -0.3 is 39.9 Å². The number of phenols is 2. The minimum atomic E-state index is -1.08. The molecule has 0 unspecified atom stereocenters. The summed E-state index contributed by atoms with van der Waals surface area (Å²) in [5.74, 6) is -2.84. The fourth-order valence-electron chi connectivity index (χ4n) is 3.17. The summed E-state index contributed by atoms with van der Waals surface area (Å²) in [7, 11) is 0. The molecule has 10 nitrogen and oxygen atoms in total. The molecule has 2 N–H and O–H groups in total. The van der Waals surface area contributed by atoms with Gasteiger partial charge in [0.2, 0.25) is 0 Å². The van der Waals surface area contributed by atoms with Crippen molar-refractivity contribution in [3.05, 3.63) is 83.9 Å². The first-order chi connectivity index (χ1) is 18.7. The van der Waals surface area contributed by atoms with E-state index in [2.05, 4.69) is 0 Å². The number of aliphatic carboxylic acids is 3. The van der Waals surface area contributed by atoms with Crippen molar-refractivity contribution >= 4 is 17.9 Å². The Morgan fingerprint density at radius 1 is 0.561 bits per heavy atom. The largest absolute Gasteiger partial charge is 3.00 e. The molecule has 0 fully saturated rings. The molecule has 0 saturated carbocycles. The first kappa shape index (κ1) is 36.3. The summed E-state index contributed by atoms with van der Waals surface area (Å²) in [6, 6.07) is 22.4. The van der Waals surface area contributed by atoms with Gasteiger partial charge in [0, 0.05) is 29.0 Å². The minimum Gasteiger partial charge on any atom is -0.550 e. The molecule has 0 saturated heterocycles. The standard InChI is InChI=1S/C24H20N2O2.3C2H4O2.Mn/c1-15-9-11-17(23(27)13-15)19-5-3-7-21(25-19)22-8-4-6-20(26-22)18-12-10-16(2)14-24(18)28;3*1-2(3)4;/h3-14,27-28H,1-2H3;3*1H3,(H,3,4);/q;;;;+3/p-3. The number of nitrogens with zero attached hydrogens (tertiary/aromatic N) is 2. The van der Waals surface area contributed by atoms with Crippen LogP contribution in [0.3, 0.4) is 0 Å². The molecule has 4 aromatic rings. The van der Waals surface area contributed by atoms with Gasteiger partial charge in [0.05, 0.1) is 22.8 Å². The predicted molar refractivity (Wildman–Crippen MR) is 143 cm³/mol. The van der Waals surface area contributed by atoms with Gasteiger partial charge in [-0.15, -0.1) is 0 Å². The number of hydrogen-bond donors (Lipinski definition) is 2. The van der Waals surface area contributed by atoms with E-state index in [-0.39, 0.29) is 28.6 Å². The predicted octanol–water partition coefficient (Wildman–Crippen LogP) is 1.77. The van der Waals surface area contributed by atoms with Gasteiger partial charge in [-0.25, -0.2) is 9.97 Å². The van der Waals surface area contributed by atoms with Crippen LogP contribution in [0.2, 0.25) is 0 Å². The summed E-state index contributed by atoms with van der Waals surface area (Å²) in [4.78, 5) is 36.0. The van der Waals surface area contributed by atoms with Crippen LogP contribution in [-0.4, -0.2) is 38.1 Å². The van der Waals surface area contributed by atoms with Crippen molar-refractivity contribution in [2.24, 2.45) is 0 Å². The van der Waals surface area contributed by atoms with Gasteiger partial charge in [0.15, 0.2) is 0 Å². The number of carboxylic acid groups (broad SMARTS) is 3. The summed E-state index contributed by atoms with van der Waals surface area (Å²) in [6.07, 6.45) is 0. The van der Waals surface area contributed by atoms with Crippen LogP contribution >= 0.6 is 0 Å². The third-order valence-corrected chi connectivity index (χ3v) is 4.62. The number of carbonyl (C=O) groups is 3. The SMILES string of the molecule is CC(=O)[O-].CC(=O)[O-].CC(=O)[O-].Cc1ccc(-c2cccc(-c3cccc(-c4ccc(C)cc4O)n3)n2)c(O)c1.[Mn+3]. The van der Waals surface area contributed by atoms with E-state index in [4.69, 9.17) is 39.7 Å². The van der Waals surface area contributed by atoms with Crippen molar-refractivity contribution in [3.63, 3.8) is 0 Å². The third-order valence-electron chi connectivity index (χ3n) is 4.62. The minimum absolute atomic E-state index is 0.